The number of nitrogens with two attached hydrogens (primary N) is 1. The maximum absolute atomic E-state index is 6.03. The van der Waals surface area contributed by atoms with Crippen LogP contribution in [0.5, 0.6) is 5.75 Å². The van der Waals surface area contributed by atoms with Crippen LogP contribution in [-0.2, 0) is 0 Å². The molecule has 3 aromatic rings. The summed E-state index contributed by atoms with van der Waals surface area (Å²) in [4.78, 5) is 5.95. The van der Waals surface area contributed by atoms with E-state index in [9.17, 15) is 0 Å². The molecule has 104 valence electrons. The van der Waals surface area contributed by atoms with Crippen LogP contribution in [0.1, 0.15) is 21.2 Å². The fourth-order valence-corrected chi connectivity index (χ4v) is 3.58. The molecule has 1 atom stereocenters. The van der Waals surface area contributed by atoms with Crippen molar-refractivity contribution in [2.75, 3.05) is 13.7 Å². The van der Waals surface area contributed by atoms with Gasteiger partial charge in [-0.15, -0.1) is 11.3 Å². The minimum atomic E-state index is 0.231. The highest BCUT2D eigenvalue weighted by Crippen LogP contribution is 2.35. The molecule has 3 rings (SSSR count). The van der Waals surface area contributed by atoms with Gasteiger partial charge in [-0.3, -0.25) is 0 Å². The summed E-state index contributed by atoms with van der Waals surface area (Å²) in [6.45, 7) is 2.73. The van der Waals surface area contributed by atoms with E-state index in [-0.39, 0.29) is 5.92 Å². The molecule has 0 saturated heterocycles. The Bertz CT molecular complexity index is 729. The van der Waals surface area contributed by atoms with Crippen molar-refractivity contribution in [3.8, 4) is 5.75 Å². The second-order valence-corrected chi connectivity index (χ2v) is 6.21. The van der Waals surface area contributed by atoms with E-state index >= 15 is 0 Å². The Morgan fingerprint density at radius 1 is 1.30 bits per heavy atom. The molecule has 0 radical (unpaired) electrons. The Morgan fingerprint density at radius 3 is 2.80 bits per heavy atom. The van der Waals surface area contributed by atoms with Crippen molar-refractivity contribution in [3.05, 3.63) is 51.8 Å². The molecule has 3 N–H and O–H groups in total. The first-order chi connectivity index (χ1) is 9.72. The van der Waals surface area contributed by atoms with Crippen LogP contribution in [-0.4, -0.2) is 18.6 Å². The maximum Gasteiger partial charge on any atom is 0.119 e. The largest absolute Gasteiger partial charge is 0.497 e. The molecule has 1 unspecified atom stereocenters. The molecule has 0 saturated carbocycles. The number of hydrogen-bond donors (Lipinski definition) is 2. The molecule has 0 spiro atoms. The summed E-state index contributed by atoms with van der Waals surface area (Å²) in [5.41, 5.74) is 8.39. The van der Waals surface area contributed by atoms with Gasteiger partial charge < -0.3 is 15.5 Å². The Morgan fingerprint density at radius 2 is 2.15 bits per heavy atom. The van der Waals surface area contributed by atoms with Crippen molar-refractivity contribution in [1.82, 2.24) is 4.98 Å². The second kappa shape index (κ2) is 5.31. The summed E-state index contributed by atoms with van der Waals surface area (Å²) in [5.74, 6) is 1.10. The molecule has 0 bridgehead atoms. The molecule has 1 aromatic carbocycles. The summed E-state index contributed by atoms with van der Waals surface area (Å²) in [5, 5.41) is 1.19. The van der Waals surface area contributed by atoms with Crippen LogP contribution in [0.25, 0.3) is 10.9 Å². The number of fused-ring (bicyclic) bond motifs is 1. The predicted molar refractivity (Wildman–Crippen MR) is 84.8 cm³/mol. The molecule has 0 aliphatic heterocycles. The zero-order chi connectivity index (χ0) is 14.1. The summed E-state index contributed by atoms with van der Waals surface area (Å²) < 4.78 is 5.33. The third-order valence-electron chi connectivity index (χ3n) is 3.64. The lowest BCUT2D eigenvalue weighted by Crippen LogP contribution is -2.12. The van der Waals surface area contributed by atoms with Crippen LogP contribution < -0.4 is 10.5 Å². The van der Waals surface area contributed by atoms with Gasteiger partial charge in [0.05, 0.1) is 7.11 Å². The minimum absolute atomic E-state index is 0.231. The average molecular weight is 286 g/mol. The van der Waals surface area contributed by atoms with Crippen molar-refractivity contribution < 1.29 is 4.74 Å². The van der Waals surface area contributed by atoms with Crippen molar-refractivity contribution in [2.45, 2.75) is 12.8 Å². The number of aryl methyl sites for hydroxylation is 1. The predicted octanol–water partition coefficient (Wildman–Crippen LogP) is 3.64. The monoisotopic (exact) mass is 286 g/mol. The van der Waals surface area contributed by atoms with Crippen LogP contribution in [0.15, 0.2) is 36.5 Å². The van der Waals surface area contributed by atoms with Crippen LogP contribution >= 0.6 is 11.3 Å². The molecular formula is C16H18N2OS. The van der Waals surface area contributed by atoms with Crippen molar-refractivity contribution in [1.29, 1.82) is 0 Å². The van der Waals surface area contributed by atoms with Crippen LogP contribution in [0.3, 0.4) is 0 Å². The molecule has 0 aliphatic carbocycles. The third-order valence-corrected chi connectivity index (χ3v) is 4.75. The Kier molecular flexibility index (Phi) is 3.51. The number of hydrogen-bond acceptors (Lipinski definition) is 3. The molecular weight excluding hydrogens is 268 g/mol. The van der Waals surface area contributed by atoms with Gasteiger partial charge in [0.1, 0.15) is 5.75 Å². The normalized spacial score (nSPS) is 12.8. The first-order valence-electron chi connectivity index (χ1n) is 6.64. The zero-order valence-electron chi connectivity index (χ0n) is 11.6. The van der Waals surface area contributed by atoms with E-state index in [0.717, 1.165) is 11.3 Å². The Balaban J connectivity index is 2.11. The summed E-state index contributed by atoms with van der Waals surface area (Å²) in [6.07, 6.45) is 2.07. The summed E-state index contributed by atoms with van der Waals surface area (Å²) in [6, 6.07) is 10.4. The van der Waals surface area contributed by atoms with Crippen molar-refractivity contribution in [3.63, 3.8) is 0 Å². The number of methoxy groups -OCH3 is 1. The van der Waals surface area contributed by atoms with E-state index in [1.54, 1.807) is 7.11 Å². The Labute approximate surface area is 122 Å². The Hall–Kier alpha value is -1.78. The van der Waals surface area contributed by atoms with E-state index in [2.05, 4.69) is 36.3 Å². The highest BCUT2D eigenvalue weighted by Gasteiger charge is 2.18. The lowest BCUT2D eigenvalue weighted by atomic mass is 9.97. The molecule has 0 fully saturated rings. The van der Waals surface area contributed by atoms with E-state index in [4.69, 9.17) is 10.5 Å². The minimum Gasteiger partial charge on any atom is -0.497 e. The molecule has 2 aromatic heterocycles. The van der Waals surface area contributed by atoms with Gasteiger partial charge in [-0.1, -0.05) is 0 Å². The number of H-pyrrole nitrogens is 1. The zero-order valence-corrected chi connectivity index (χ0v) is 12.5. The lowest BCUT2D eigenvalue weighted by Gasteiger charge is -2.12. The van der Waals surface area contributed by atoms with Gasteiger partial charge >= 0.3 is 0 Å². The number of nitrogens with one attached hydrogen (secondary N) is 1. The van der Waals surface area contributed by atoms with Crippen molar-refractivity contribution >= 4 is 22.2 Å². The van der Waals surface area contributed by atoms with Crippen LogP contribution in [0, 0.1) is 6.92 Å². The molecule has 3 nitrogen and oxygen atoms in total. The number of thiophene rings is 1. The van der Waals surface area contributed by atoms with Crippen LogP contribution in [0.2, 0.25) is 0 Å². The van der Waals surface area contributed by atoms with E-state index in [1.807, 2.05) is 23.5 Å². The third kappa shape index (κ3) is 2.21. The SMILES string of the molecule is COc1ccc2[nH]cc(C(CN)c3ccc(C)s3)c2c1. The van der Waals surface area contributed by atoms with Crippen molar-refractivity contribution in [2.24, 2.45) is 5.73 Å². The maximum atomic E-state index is 6.03. The number of benzene rings is 1. The number of ether oxygens (including phenoxy) is 1. The van der Waals surface area contributed by atoms with E-state index in [1.165, 1.54) is 20.7 Å². The highest BCUT2D eigenvalue weighted by molar-refractivity contribution is 7.12. The van der Waals surface area contributed by atoms with Gasteiger partial charge in [0, 0.05) is 39.3 Å². The first kappa shape index (κ1) is 13.2. The van der Waals surface area contributed by atoms with Gasteiger partial charge in [0.15, 0.2) is 0 Å². The molecule has 0 aliphatic rings. The summed E-state index contributed by atoms with van der Waals surface area (Å²) in [7, 11) is 1.69. The molecule has 2 heterocycles. The van der Waals surface area contributed by atoms with Crippen LogP contribution in [0.4, 0.5) is 0 Å². The standard InChI is InChI=1S/C16H18N2OS/c1-10-3-6-16(20-10)13(8-17)14-9-18-15-5-4-11(19-2)7-12(14)15/h3-7,9,13,18H,8,17H2,1-2H3. The van der Waals surface area contributed by atoms with Gasteiger partial charge in [0.25, 0.3) is 0 Å². The first-order valence-corrected chi connectivity index (χ1v) is 7.46. The smallest absolute Gasteiger partial charge is 0.119 e. The lowest BCUT2D eigenvalue weighted by molar-refractivity contribution is 0.415. The number of rotatable bonds is 4. The quantitative estimate of drug-likeness (QED) is 0.769. The molecule has 0 amide bonds. The molecule has 4 heteroatoms. The topological polar surface area (TPSA) is 51.0 Å². The highest BCUT2D eigenvalue weighted by atomic mass is 32.1. The fourth-order valence-electron chi connectivity index (χ4n) is 2.57. The fraction of sp³-hybridized carbons (Fsp3) is 0.250. The summed E-state index contributed by atoms with van der Waals surface area (Å²) >= 11 is 1.81. The number of aromatic amines is 1. The van der Waals surface area contributed by atoms with E-state index < -0.39 is 0 Å². The molecule has 20 heavy (non-hydrogen) atoms. The van der Waals surface area contributed by atoms with Gasteiger partial charge in [-0.05, 0) is 42.8 Å². The van der Waals surface area contributed by atoms with Gasteiger partial charge in [0.2, 0.25) is 0 Å². The number of aromatic nitrogens is 1. The average Bonchev–Trinajstić information content (AvgIpc) is 3.07. The second-order valence-electron chi connectivity index (χ2n) is 4.89. The van der Waals surface area contributed by atoms with Gasteiger partial charge in [-0.25, -0.2) is 0 Å². The van der Waals surface area contributed by atoms with E-state index in [0.29, 0.717) is 6.54 Å². The van der Waals surface area contributed by atoms with Gasteiger partial charge in [-0.2, -0.15) is 0 Å².